The standard InChI is InChI=1S/C17H24N2OS/c1-13(2)12-19-15(4)14(3)18-17(19)21-11-10-20-16-8-6-5-7-9-16/h5-9,13H,10-12H2,1-4H3. The van der Waals surface area contributed by atoms with Crippen molar-refractivity contribution >= 4 is 11.8 Å². The smallest absolute Gasteiger partial charge is 0.168 e. The molecule has 0 unspecified atom stereocenters. The molecule has 0 atom stereocenters. The quantitative estimate of drug-likeness (QED) is 0.563. The highest BCUT2D eigenvalue weighted by atomic mass is 32.2. The molecule has 0 radical (unpaired) electrons. The zero-order chi connectivity index (χ0) is 15.2. The number of hydrogen-bond donors (Lipinski definition) is 0. The average Bonchev–Trinajstić information content (AvgIpc) is 2.72. The molecular weight excluding hydrogens is 280 g/mol. The number of aromatic nitrogens is 2. The van der Waals surface area contributed by atoms with Crippen molar-refractivity contribution in [1.82, 2.24) is 9.55 Å². The van der Waals surface area contributed by atoms with Crippen molar-refractivity contribution < 1.29 is 4.74 Å². The second-order valence-corrected chi connectivity index (χ2v) is 6.64. The number of imidazole rings is 1. The van der Waals surface area contributed by atoms with Gasteiger partial charge in [-0.25, -0.2) is 4.98 Å². The Hall–Kier alpha value is -1.42. The maximum atomic E-state index is 5.73. The molecule has 4 heteroatoms. The van der Waals surface area contributed by atoms with Gasteiger partial charge in [-0.3, -0.25) is 0 Å². The molecular formula is C17H24N2OS. The van der Waals surface area contributed by atoms with Gasteiger partial charge in [0.1, 0.15) is 5.75 Å². The summed E-state index contributed by atoms with van der Waals surface area (Å²) in [6, 6.07) is 9.95. The van der Waals surface area contributed by atoms with Gasteiger partial charge in [0.05, 0.1) is 12.3 Å². The first-order chi connectivity index (χ1) is 10.1. The molecule has 1 aromatic carbocycles. The second-order valence-electron chi connectivity index (χ2n) is 5.58. The van der Waals surface area contributed by atoms with E-state index in [2.05, 4.69) is 37.2 Å². The van der Waals surface area contributed by atoms with Gasteiger partial charge in [0.25, 0.3) is 0 Å². The molecule has 0 saturated heterocycles. The summed E-state index contributed by atoms with van der Waals surface area (Å²) in [6.45, 7) is 10.4. The minimum atomic E-state index is 0.622. The van der Waals surface area contributed by atoms with E-state index in [1.165, 1.54) is 5.69 Å². The molecule has 0 saturated carbocycles. The van der Waals surface area contributed by atoms with E-state index >= 15 is 0 Å². The van der Waals surface area contributed by atoms with E-state index in [0.717, 1.165) is 28.9 Å². The first kappa shape index (κ1) is 16.0. The molecule has 0 aliphatic carbocycles. The van der Waals surface area contributed by atoms with Gasteiger partial charge in [0.2, 0.25) is 0 Å². The molecule has 2 aromatic rings. The topological polar surface area (TPSA) is 27.1 Å². The molecule has 114 valence electrons. The predicted octanol–water partition coefficient (Wildman–Crippen LogP) is 4.33. The number of benzene rings is 1. The van der Waals surface area contributed by atoms with Crippen LogP contribution in [0.3, 0.4) is 0 Å². The first-order valence-electron chi connectivity index (χ1n) is 7.42. The van der Waals surface area contributed by atoms with E-state index in [9.17, 15) is 0 Å². The van der Waals surface area contributed by atoms with E-state index in [1.807, 2.05) is 30.3 Å². The summed E-state index contributed by atoms with van der Waals surface area (Å²) in [5.41, 5.74) is 2.40. The Morgan fingerprint density at radius 2 is 1.90 bits per heavy atom. The van der Waals surface area contributed by atoms with Crippen LogP contribution >= 0.6 is 11.8 Å². The van der Waals surface area contributed by atoms with Crippen LogP contribution in [0.5, 0.6) is 5.75 Å². The number of rotatable bonds is 7. The van der Waals surface area contributed by atoms with Gasteiger partial charge in [-0.2, -0.15) is 0 Å². The van der Waals surface area contributed by atoms with Crippen LogP contribution in [0.25, 0.3) is 0 Å². The molecule has 0 fully saturated rings. The van der Waals surface area contributed by atoms with E-state index < -0.39 is 0 Å². The van der Waals surface area contributed by atoms with Gasteiger partial charge in [-0.1, -0.05) is 43.8 Å². The molecule has 0 bridgehead atoms. The van der Waals surface area contributed by atoms with Gasteiger partial charge in [-0.05, 0) is 31.9 Å². The summed E-state index contributed by atoms with van der Waals surface area (Å²) in [7, 11) is 0. The Bertz CT molecular complexity index is 564. The fourth-order valence-electron chi connectivity index (χ4n) is 2.12. The van der Waals surface area contributed by atoms with Crippen LogP contribution in [-0.4, -0.2) is 21.9 Å². The van der Waals surface area contributed by atoms with Crippen molar-refractivity contribution in [2.45, 2.75) is 39.4 Å². The van der Waals surface area contributed by atoms with Gasteiger partial charge < -0.3 is 9.30 Å². The number of para-hydroxylation sites is 1. The lowest BCUT2D eigenvalue weighted by atomic mass is 10.2. The highest BCUT2D eigenvalue weighted by Crippen LogP contribution is 2.22. The molecule has 0 amide bonds. The zero-order valence-electron chi connectivity index (χ0n) is 13.3. The van der Waals surface area contributed by atoms with Gasteiger partial charge in [0.15, 0.2) is 5.16 Å². The molecule has 2 rings (SSSR count). The fourth-order valence-corrected chi connectivity index (χ4v) is 3.04. The van der Waals surface area contributed by atoms with Gasteiger partial charge in [-0.15, -0.1) is 0 Å². The maximum absolute atomic E-state index is 5.73. The van der Waals surface area contributed by atoms with E-state index in [4.69, 9.17) is 4.74 Å². The van der Waals surface area contributed by atoms with Crippen molar-refractivity contribution in [1.29, 1.82) is 0 Å². The monoisotopic (exact) mass is 304 g/mol. The summed E-state index contributed by atoms with van der Waals surface area (Å²) < 4.78 is 8.05. The number of ether oxygens (including phenoxy) is 1. The first-order valence-corrected chi connectivity index (χ1v) is 8.41. The molecule has 3 nitrogen and oxygen atoms in total. The van der Waals surface area contributed by atoms with E-state index in [0.29, 0.717) is 12.5 Å². The summed E-state index contributed by atoms with van der Waals surface area (Å²) in [6.07, 6.45) is 0. The Labute approximate surface area is 131 Å². The largest absolute Gasteiger partial charge is 0.493 e. The maximum Gasteiger partial charge on any atom is 0.168 e. The minimum absolute atomic E-state index is 0.622. The van der Waals surface area contributed by atoms with Crippen molar-refractivity contribution in [2.24, 2.45) is 5.92 Å². The Kier molecular flexibility index (Phi) is 5.74. The predicted molar refractivity (Wildman–Crippen MR) is 89.2 cm³/mol. The third-order valence-corrected chi connectivity index (χ3v) is 4.24. The van der Waals surface area contributed by atoms with Crippen LogP contribution in [0.15, 0.2) is 35.5 Å². The van der Waals surface area contributed by atoms with Crippen LogP contribution in [0.4, 0.5) is 0 Å². The summed E-state index contributed by atoms with van der Waals surface area (Å²) in [5.74, 6) is 2.45. The number of nitrogens with zero attached hydrogens (tertiary/aromatic N) is 2. The van der Waals surface area contributed by atoms with Crippen LogP contribution in [0.1, 0.15) is 25.2 Å². The summed E-state index contributed by atoms with van der Waals surface area (Å²) in [4.78, 5) is 4.68. The van der Waals surface area contributed by atoms with Crippen molar-refractivity contribution in [3.8, 4) is 5.75 Å². The van der Waals surface area contributed by atoms with E-state index in [-0.39, 0.29) is 0 Å². The lowest BCUT2D eigenvalue weighted by Crippen LogP contribution is -2.08. The van der Waals surface area contributed by atoms with Crippen molar-refractivity contribution in [3.63, 3.8) is 0 Å². The summed E-state index contributed by atoms with van der Waals surface area (Å²) >= 11 is 1.77. The Morgan fingerprint density at radius 3 is 2.57 bits per heavy atom. The minimum Gasteiger partial charge on any atom is -0.493 e. The zero-order valence-corrected chi connectivity index (χ0v) is 14.1. The number of hydrogen-bond acceptors (Lipinski definition) is 3. The fraction of sp³-hybridized carbons (Fsp3) is 0.471. The van der Waals surface area contributed by atoms with Gasteiger partial charge >= 0.3 is 0 Å². The number of aryl methyl sites for hydroxylation is 1. The molecule has 1 heterocycles. The number of thioether (sulfide) groups is 1. The van der Waals surface area contributed by atoms with Crippen LogP contribution in [0.2, 0.25) is 0 Å². The third kappa shape index (κ3) is 4.53. The SMILES string of the molecule is Cc1nc(SCCOc2ccccc2)n(CC(C)C)c1C. The van der Waals surface area contributed by atoms with Gasteiger partial charge in [0, 0.05) is 18.0 Å². The third-order valence-electron chi connectivity index (χ3n) is 3.30. The molecule has 0 N–H and O–H groups in total. The second kappa shape index (κ2) is 7.55. The molecule has 21 heavy (non-hydrogen) atoms. The Balaban J connectivity index is 1.89. The lowest BCUT2D eigenvalue weighted by molar-refractivity contribution is 0.343. The highest BCUT2D eigenvalue weighted by Gasteiger charge is 2.12. The van der Waals surface area contributed by atoms with E-state index in [1.54, 1.807) is 11.8 Å². The van der Waals surface area contributed by atoms with Crippen molar-refractivity contribution in [3.05, 3.63) is 41.7 Å². The highest BCUT2D eigenvalue weighted by molar-refractivity contribution is 7.99. The molecule has 0 aliphatic heterocycles. The Morgan fingerprint density at radius 1 is 1.19 bits per heavy atom. The van der Waals surface area contributed by atoms with Crippen LogP contribution in [-0.2, 0) is 6.54 Å². The molecule has 0 aliphatic rings. The van der Waals surface area contributed by atoms with Crippen molar-refractivity contribution in [2.75, 3.05) is 12.4 Å². The van der Waals surface area contributed by atoms with Crippen LogP contribution in [0, 0.1) is 19.8 Å². The molecule has 1 aromatic heterocycles. The normalized spacial score (nSPS) is 11.1. The van der Waals surface area contributed by atoms with Crippen LogP contribution < -0.4 is 4.74 Å². The summed E-state index contributed by atoms with van der Waals surface area (Å²) in [5, 5.41) is 1.11. The molecule has 0 spiro atoms. The lowest BCUT2D eigenvalue weighted by Gasteiger charge is -2.12. The average molecular weight is 304 g/mol.